The van der Waals surface area contributed by atoms with Gasteiger partial charge in [-0.05, 0) is 30.7 Å². The van der Waals surface area contributed by atoms with Gasteiger partial charge in [0.05, 0.1) is 5.56 Å². The maximum atomic E-state index is 13.3. The highest BCUT2D eigenvalue weighted by Gasteiger charge is 2.46. The second kappa shape index (κ2) is 6.25. The summed E-state index contributed by atoms with van der Waals surface area (Å²) in [4.78, 5) is 38.4. The lowest BCUT2D eigenvalue weighted by Gasteiger charge is -2.29. The first-order valence-corrected chi connectivity index (χ1v) is 8.22. The number of nitrogens with one attached hydrogen (secondary N) is 1. The molecule has 2 atom stereocenters. The normalized spacial score (nSPS) is 21.5. The van der Waals surface area contributed by atoms with Crippen molar-refractivity contribution in [2.75, 3.05) is 5.32 Å². The maximum absolute atomic E-state index is 13.3. The zero-order valence-corrected chi connectivity index (χ0v) is 13.6. The Kier molecular flexibility index (Phi) is 3.91. The van der Waals surface area contributed by atoms with Crippen LogP contribution in [0.2, 0.25) is 0 Å². The molecule has 0 unspecified atom stereocenters. The van der Waals surface area contributed by atoms with Crippen molar-refractivity contribution in [3.63, 3.8) is 0 Å². The van der Waals surface area contributed by atoms with Gasteiger partial charge < -0.3 is 10.1 Å². The van der Waals surface area contributed by atoms with Crippen LogP contribution in [-0.4, -0.2) is 28.7 Å². The number of hydrogen-bond acceptors (Lipinski definition) is 4. The SMILES string of the molecule is O=C1O[C@@H](N2C(=O)CC[C@@H]2C(=O)Nc2cccc(F)c2)c2ccccc21. The molecule has 0 saturated carbocycles. The van der Waals surface area contributed by atoms with Gasteiger partial charge in [-0.25, -0.2) is 9.18 Å². The highest BCUT2D eigenvalue weighted by atomic mass is 19.1. The smallest absolute Gasteiger partial charge is 0.340 e. The Morgan fingerprint density at radius 1 is 1.15 bits per heavy atom. The van der Waals surface area contributed by atoms with Gasteiger partial charge in [0.1, 0.15) is 11.9 Å². The Bertz CT molecular complexity index is 914. The van der Waals surface area contributed by atoms with Gasteiger partial charge >= 0.3 is 5.97 Å². The highest BCUT2D eigenvalue weighted by Crippen LogP contribution is 2.38. The number of anilines is 1. The van der Waals surface area contributed by atoms with Gasteiger partial charge in [0.2, 0.25) is 18.0 Å². The van der Waals surface area contributed by atoms with Crippen LogP contribution in [-0.2, 0) is 14.3 Å². The molecule has 0 radical (unpaired) electrons. The fourth-order valence-electron chi connectivity index (χ4n) is 3.38. The minimum Gasteiger partial charge on any atom is -0.433 e. The van der Waals surface area contributed by atoms with Gasteiger partial charge in [0.25, 0.3) is 0 Å². The molecule has 2 heterocycles. The van der Waals surface area contributed by atoms with Crippen molar-refractivity contribution in [2.24, 2.45) is 0 Å². The molecule has 1 N–H and O–H groups in total. The molecule has 0 aliphatic carbocycles. The Balaban J connectivity index is 1.60. The van der Waals surface area contributed by atoms with E-state index in [0.29, 0.717) is 23.2 Å². The van der Waals surface area contributed by atoms with Crippen LogP contribution in [0, 0.1) is 5.82 Å². The number of halogens is 1. The summed E-state index contributed by atoms with van der Waals surface area (Å²) in [6, 6.07) is 11.5. The second-order valence-corrected chi connectivity index (χ2v) is 6.20. The molecular formula is C19H15FN2O4. The number of likely N-dealkylation sites (tertiary alicyclic amines) is 1. The largest absolute Gasteiger partial charge is 0.433 e. The van der Waals surface area contributed by atoms with Crippen LogP contribution in [0.25, 0.3) is 0 Å². The lowest BCUT2D eigenvalue weighted by Crippen LogP contribution is -2.43. The summed E-state index contributed by atoms with van der Waals surface area (Å²) in [6.45, 7) is 0. The summed E-state index contributed by atoms with van der Waals surface area (Å²) in [7, 11) is 0. The van der Waals surface area contributed by atoms with Crippen LogP contribution >= 0.6 is 0 Å². The third-order valence-corrected chi connectivity index (χ3v) is 4.57. The van der Waals surface area contributed by atoms with E-state index in [9.17, 15) is 18.8 Å². The monoisotopic (exact) mass is 354 g/mol. The van der Waals surface area contributed by atoms with Crippen LogP contribution in [0.5, 0.6) is 0 Å². The molecule has 132 valence electrons. The number of ether oxygens (including phenoxy) is 1. The first-order chi connectivity index (χ1) is 12.5. The van der Waals surface area contributed by atoms with Crippen molar-refractivity contribution in [3.05, 3.63) is 65.5 Å². The summed E-state index contributed by atoms with van der Waals surface area (Å²) in [5, 5.41) is 2.62. The highest BCUT2D eigenvalue weighted by molar-refractivity contribution is 6.00. The van der Waals surface area contributed by atoms with Gasteiger partial charge in [-0.3, -0.25) is 14.5 Å². The fourth-order valence-corrected chi connectivity index (χ4v) is 3.38. The third-order valence-electron chi connectivity index (χ3n) is 4.57. The number of cyclic esters (lactones) is 1. The van der Waals surface area contributed by atoms with Gasteiger partial charge in [-0.2, -0.15) is 0 Å². The summed E-state index contributed by atoms with van der Waals surface area (Å²) in [5.74, 6) is -1.70. The van der Waals surface area contributed by atoms with Crippen LogP contribution in [0.3, 0.4) is 0 Å². The Hall–Kier alpha value is -3.22. The molecule has 0 spiro atoms. The maximum Gasteiger partial charge on any atom is 0.340 e. The molecule has 1 fully saturated rings. The van der Waals surface area contributed by atoms with Crippen molar-refractivity contribution in [2.45, 2.75) is 25.1 Å². The zero-order valence-electron chi connectivity index (χ0n) is 13.6. The van der Waals surface area contributed by atoms with Gasteiger partial charge in [-0.15, -0.1) is 0 Å². The molecule has 2 aliphatic heterocycles. The average molecular weight is 354 g/mol. The van der Waals surface area contributed by atoms with E-state index in [2.05, 4.69) is 5.32 Å². The van der Waals surface area contributed by atoms with Crippen molar-refractivity contribution < 1.29 is 23.5 Å². The molecule has 26 heavy (non-hydrogen) atoms. The molecule has 0 bridgehead atoms. The molecule has 0 aromatic heterocycles. The van der Waals surface area contributed by atoms with Crippen molar-refractivity contribution in [1.29, 1.82) is 0 Å². The van der Waals surface area contributed by atoms with E-state index in [1.165, 1.54) is 23.1 Å². The predicted octanol–water partition coefficient (Wildman–Crippen LogP) is 2.62. The standard InChI is InChI=1S/C19H15FN2O4/c20-11-4-3-5-12(10-11)21-17(24)15-8-9-16(23)22(15)18-13-6-1-2-7-14(13)19(25)26-18/h1-7,10,15,18H,8-9H2,(H,21,24)/t15-,18-/m1/s1. The van der Waals surface area contributed by atoms with Crippen molar-refractivity contribution in [1.82, 2.24) is 4.90 Å². The molecule has 2 aromatic rings. The van der Waals surface area contributed by atoms with Crippen LogP contribution in [0.1, 0.15) is 35.0 Å². The van der Waals surface area contributed by atoms with E-state index in [1.807, 2.05) is 0 Å². The number of hydrogen-bond donors (Lipinski definition) is 1. The van der Waals surface area contributed by atoms with E-state index >= 15 is 0 Å². The number of esters is 1. The number of carbonyl (C=O) groups is 3. The zero-order chi connectivity index (χ0) is 18.3. The van der Waals surface area contributed by atoms with E-state index in [4.69, 9.17) is 4.74 Å². The Morgan fingerprint density at radius 3 is 2.77 bits per heavy atom. The van der Waals surface area contributed by atoms with E-state index in [-0.39, 0.29) is 12.3 Å². The van der Waals surface area contributed by atoms with Gasteiger partial charge in [0, 0.05) is 17.7 Å². The predicted molar refractivity (Wildman–Crippen MR) is 89.5 cm³/mol. The number of nitrogens with zero attached hydrogens (tertiary/aromatic N) is 1. The summed E-state index contributed by atoms with van der Waals surface area (Å²) < 4.78 is 18.7. The number of carbonyl (C=O) groups excluding carboxylic acids is 3. The molecule has 2 aliphatic rings. The Labute approximate surface area is 148 Å². The molecule has 4 rings (SSSR count). The third kappa shape index (κ3) is 2.71. The number of amides is 2. The minimum atomic E-state index is -0.919. The average Bonchev–Trinajstić information content (AvgIpc) is 3.15. The molecule has 1 saturated heterocycles. The summed E-state index contributed by atoms with van der Waals surface area (Å²) in [6.07, 6.45) is -0.440. The molecular weight excluding hydrogens is 339 g/mol. The number of fused-ring (bicyclic) bond motifs is 1. The quantitative estimate of drug-likeness (QED) is 0.860. The fraction of sp³-hybridized carbons (Fsp3) is 0.211. The topological polar surface area (TPSA) is 75.7 Å². The first-order valence-electron chi connectivity index (χ1n) is 8.22. The molecule has 2 amide bonds. The van der Waals surface area contributed by atoms with Crippen LogP contribution < -0.4 is 5.32 Å². The lowest BCUT2D eigenvalue weighted by atomic mass is 10.1. The van der Waals surface area contributed by atoms with Crippen LogP contribution in [0.4, 0.5) is 10.1 Å². The number of benzene rings is 2. The molecule has 7 heteroatoms. The van der Waals surface area contributed by atoms with E-state index in [1.54, 1.807) is 30.3 Å². The number of rotatable bonds is 3. The van der Waals surface area contributed by atoms with Crippen molar-refractivity contribution >= 4 is 23.5 Å². The van der Waals surface area contributed by atoms with E-state index in [0.717, 1.165) is 0 Å². The summed E-state index contributed by atoms with van der Waals surface area (Å²) in [5.41, 5.74) is 1.26. The van der Waals surface area contributed by atoms with Crippen molar-refractivity contribution in [3.8, 4) is 0 Å². The Morgan fingerprint density at radius 2 is 1.96 bits per heavy atom. The second-order valence-electron chi connectivity index (χ2n) is 6.20. The molecule has 2 aromatic carbocycles. The molecule has 6 nitrogen and oxygen atoms in total. The minimum absolute atomic E-state index is 0.178. The van der Waals surface area contributed by atoms with Gasteiger partial charge in [0.15, 0.2) is 0 Å². The van der Waals surface area contributed by atoms with Gasteiger partial charge in [-0.1, -0.05) is 24.3 Å². The first kappa shape index (κ1) is 16.3. The van der Waals surface area contributed by atoms with E-state index < -0.39 is 30.0 Å². The summed E-state index contributed by atoms with van der Waals surface area (Å²) >= 11 is 0. The lowest BCUT2D eigenvalue weighted by molar-refractivity contribution is -0.144. The van der Waals surface area contributed by atoms with Crippen LogP contribution in [0.15, 0.2) is 48.5 Å².